The van der Waals surface area contributed by atoms with Crippen molar-refractivity contribution < 1.29 is 8.42 Å². The molecule has 2 aromatic heterocycles. The van der Waals surface area contributed by atoms with E-state index < -0.39 is 10.0 Å². The normalized spacial score (nSPS) is 18.1. The zero-order valence-electron chi connectivity index (χ0n) is 17.7. The van der Waals surface area contributed by atoms with Crippen LogP contribution in [0.3, 0.4) is 0 Å². The molecule has 1 saturated carbocycles. The minimum Gasteiger partial charge on any atom is -0.369 e. The molecule has 31 heavy (non-hydrogen) atoms. The Kier molecular flexibility index (Phi) is 4.86. The number of sulfonamides is 1. The number of aromatic amines is 1. The number of hydrogen-bond donors (Lipinski definition) is 1. The monoisotopic (exact) mass is 442 g/mol. The largest absolute Gasteiger partial charge is 0.369 e. The molecule has 0 amide bonds. The van der Waals surface area contributed by atoms with Crippen LogP contribution in [0.1, 0.15) is 24.2 Å². The van der Waals surface area contributed by atoms with Crippen LogP contribution in [-0.4, -0.2) is 58.7 Å². The maximum absolute atomic E-state index is 13.1. The molecule has 1 N–H and O–H groups in total. The van der Waals surface area contributed by atoms with Crippen molar-refractivity contribution in [3.8, 4) is 0 Å². The number of piperazine rings is 1. The molecule has 0 bridgehead atoms. The summed E-state index contributed by atoms with van der Waals surface area (Å²) >= 11 is 0. The summed E-state index contributed by atoms with van der Waals surface area (Å²) in [5.41, 5.74) is 2.69. The van der Waals surface area contributed by atoms with Gasteiger partial charge in [0, 0.05) is 38.4 Å². The van der Waals surface area contributed by atoms with Gasteiger partial charge in [-0.1, -0.05) is 0 Å². The van der Waals surface area contributed by atoms with Crippen LogP contribution in [0.25, 0.3) is 10.9 Å². The van der Waals surface area contributed by atoms with Crippen LogP contribution in [0.4, 0.5) is 5.69 Å². The van der Waals surface area contributed by atoms with Gasteiger partial charge in [-0.3, -0.25) is 14.5 Å². The van der Waals surface area contributed by atoms with Gasteiger partial charge in [0.1, 0.15) is 4.90 Å². The Bertz CT molecular complexity index is 1280. The molecule has 0 unspecified atom stereocenters. The van der Waals surface area contributed by atoms with Gasteiger partial charge in [0.15, 0.2) is 0 Å². The second kappa shape index (κ2) is 7.45. The molecule has 5 rings (SSSR count). The van der Waals surface area contributed by atoms with Crippen LogP contribution >= 0.6 is 0 Å². The van der Waals surface area contributed by atoms with Crippen molar-refractivity contribution in [2.24, 2.45) is 5.92 Å². The van der Waals surface area contributed by atoms with E-state index in [9.17, 15) is 13.2 Å². The van der Waals surface area contributed by atoms with Gasteiger partial charge in [0.2, 0.25) is 10.0 Å². The van der Waals surface area contributed by atoms with E-state index in [1.54, 1.807) is 24.7 Å². The van der Waals surface area contributed by atoms with Crippen molar-refractivity contribution >= 4 is 26.6 Å². The predicted molar refractivity (Wildman–Crippen MR) is 118 cm³/mol. The lowest BCUT2D eigenvalue weighted by Crippen LogP contribution is -2.48. The summed E-state index contributed by atoms with van der Waals surface area (Å²) in [4.78, 5) is 19.6. The number of aromatic nitrogens is 4. The van der Waals surface area contributed by atoms with Gasteiger partial charge in [-0.25, -0.2) is 13.4 Å². The highest BCUT2D eigenvalue weighted by Gasteiger charge is 2.32. The van der Waals surface area contributed by atoms with Crippen LogP contribution in [-0.2, 0) is 16.6 Å². The molecule has 0 atom stereocenters. The van der Waals surface area contributed by atoms with E-state index in [0.717, 1.165) is 12.2 Å². The van der Waals surface area contributed by atoms with E-state index >= 15 is 0 Å². The van der Waals surface area contributed by atoms with Gasteiger partial charge >= 0.3 is 0 Å². The zero-order chi connectivity index (χ0) is 21.8. The molecule has 3 aromatic rings. The summed E-state index contributed by atoms with van der Waals surface area (Å²) in [6, 6.07) is 5.69. The van der Waals surface area contributed by atoms with Crippen LogP contribution < -0.4 is 10.5 Å². The van der Waals surface area contributed by atoms with Crippen molar-refractivity contribution in [3.63, 3.8) is 0 Å². The highest BCUT2D eigenvalue weighted by Crippen LogP contribution is 2.30. The lowest BCUT2D eigenvalue weighted by Gasteiger charge is -2.35. The first-order chi connectivity index (χ1) is 14.8. The van der Waals surface area contributed by atoms with Crippen molar-refractivity contribution in [1.29, 1.82) is 0 Å². The second-order valence-electron chi connectivity index (χ2n) is 8.50. The topological polar surface area (TPSA) is 104 Å². The minimum absolute atomic E-state index is 0.00483. The first-order valence-corrected chi connectivity index (χ1v) is 12.0. The summed E-state index contributed by atoms with van der Waals surface area (Å²) in [5, 5.41) is 7.41. The Hall–Kier alpha value is -2.72. The van der Waals surface area contributed by atoms with Gasteiger partial charge in [-0.05, 0) is 50.8 Å². The van der Waals surface area contributed by atoms with Crippen LogP contribution in [0.5, 0.6) is 0 Å². The summed E-state index contributed by atoms with van der Waals surface area (Å²) < 4.78 is 29.3. The standard InChI is InChI=1S/C21H26N6O3S/c1-14-20(15(2)24-23-14)31(29,30)27-9-7-25(8-10-27)17-5-6-18-19(11-17)22-13-26(21(18)28)12-16-3-4-16/h5-6,11,13,16H,3-4,7-10,12H2,1-2H3,(H,23,24). The first kappa shape index (κ1) is 20.2. The summed E-state index contributed by atoms with van der Waals surface area (Å²) in [5.74, 6) is 0.610. The fourth-order valence-corrected chi connectivity index (χ4v) is 6.04. The second-order valence-corrected chi connectivity index (χ2v) is 10.4. The molecule has 10 heteroatoms. The maximum Gasteiger partial charge on any atom is 0.261 e. The fraction of sp³-hybridized carbons (Fsp3) is 0.476. The Labute approximate surface area is 180 Å². The van der Waals surface area contributed by atoms with E-state index in [1.807, 2.05) is 18.2 Å². The van der Waals surface area contributed by atoms with Gasteiger partial charge in [0.25, 0.3) is 5.56 Å². The van der Waals surface area contributed by atoms with Crippen molar-refractivity contribution in [3.05, 3.63) is 46.3 Å². The molecule has 164 valence electrons. The smallest absolute Gasteiger partial charge is 0.261 e. The lowest BCUT2D eigenvalue weighted by molar-refractivity contribution is 0.384. The molecule has 1 aromatic carbocycles. The Morgan fingerprint density at radius 2 is 1.87 bits per heavy atom. The molecule has 9 nitrogen and oxygen atoms in total. The third-order valence-corrected chi connectivity index (χ3v) is 8.39. The number of aryl methyl sites for hydroxylation is 2. The van der Waals surface area contributed by atoms with Gasteiger partial charge in [-0.15, -0.1) is 0 Å². The summed E-state index contributed by atoms with van der Waals surface area (Å²) in [6.45, 7) is 6.09. The first-order valence-electron chi connectivity index (χ1n) is 10.6. The third kappa shape index (κ3) is 3.63. The maximum atomic E-state index is 13.1. The van der Waals surface area contributed by atoms with E-state index in [2.05, 4.69) is 20.1 Å². The number of rotatable bonds is 5. The number of H-pyrrole nitrogens is 1. The third-order valence-electron chi connectivity index (χ3n) is 6.22. The van der Waals surface area contributed by atoms with E-state index in [-0.39, 0.29) is 10.5 Å². The number of nitrogens with zero attached hydrogens (tertiary/aromatic N) is 5. The number of benzene rings is 1. The number of nitrogens with one attached hydrogen (secondary N) is 1. The van der Waals surface area contributed by atoms with Crippen molar-refractivity contribution in [1.82, 2.24) is 24.1 Å². The lowest BCUT2D eigenvalue weighted by atomic mass is 10.2. The van der Waals surface area contributed by atoms with Gasteiger partial charge in [-0.2, -0.15) is 9.40 Å². The molecule has 1 aliphatic heterocycles. The van der Waals surface area contributed by atoms with Crippen LogP contribution in [0, 0.1) is 19.8 Å². The van der Waals surface area contributed by atoms with Gasteiger partial charge in [0.05, 0.1) is 28.6 Å². The van der Waals surface area contributed by atoms with Crippen molar-refractivity contribution in [2.45, 2.75) is 38.1 Å². The minimum atomic E-state index is -3.58. The molecule has 1 saturated heterocycles. The quantitative estimate of drug-likeness (QED) is 0.644. The van der Waals surface area contributed by atoms with Crippen LogP contribution in [0.15, 0.2) is 34.2 Å². The fourth-order valence-electron chi connectivity index (χ4n) is 4.29. The summed E-state index contributed by atoms with van der Waals surface area (Å²) in [7, 11) is -3.58. The van der Waals surface area contributed by atoms with Crippen molar-refractivity contribution in [2.75, 3.05) is 31.1 Å². The van der Waals surface area contributed by atoms with E-state index in [1.165, 1.54) is 17.1 Å². The van der Waals surface area contributed by atoms with Crippen LogP contribution in [0.2, 0.25) is 0 Å². The highest BCUT2D eigenvalue weighted by atomic mass is 32.2. The number of fused-ring (bicyclic) bond motifs is 1. The molecule has 2 fully saturated rings. The molecule has 0 spiro atoms. The molecule has 3 heterocycles. The average molecular weight is 443 g/mol. The zero-order valence-corrected chi connectivity index (χ0v) is 18.5. The SMILES string of the molecule is Cc1n[nH]c(C)c1S(=O)(=O)N1CCN(c2ccc3c(=O)n(CC4CC4)cnc3c2)CC1. The number of hydrogen-bond acceptors (Lipinski definition) is 6. The molecule has 0 radical (unpaired) electrons. The summed E-state index contributed by atoms with van der Waals surface area (Å²) in [6.07, 6.45) is 4.02. The highest BCUT2D eigenvalue weighted by molar-refractivity contribution is 7.89. The predicted octanol–water partition coefficient (Wildman–Crippen LogP) is 1.66. The number of anilines is 1. The average Bonchev–Trinajstić information content (AvgIpc) is 3.51. The van der Waals surface area contributed by atoms with Gasteiger partial charge < -0.3 is 4.90 Å². The molecular formula is C21H26N6O3S. The van der Waals surface area contributed by atoms with E-state index in [4.69, 9.17) is 0 Å². The Morgan fingerprint density at radius 3 is 2.52 bits per heavy atom. The molecule has 1 aliphatic carbocycles. The Morgan fingerprint density at radius 1 is 1.13 bits per heavy atom. The molecular weight excluding hydrogens is 416 g/mol. The Balaban J connectivity index is 1.34. The van der Waals surface area contributed by atoms with E-state index in [0.29, 0.717) is 54.4 Å². The molecule has 2 aliphatic rings.